The van der Waals surface area contributed by atoms with Gasteiger partial charge in [-0.2, -0.15) is 0 Å². The van der Waals surface area contributed by atoms with Gasteiger partial charge in [0.25, 0.3) is 5.91 Å². The van der Waals surface area contributed by atoms with Crippen LogP contribution in [0.3, 0.4) is 0 Å². The Bertz CT molecular complexity index is 800. The largest absolute Gasteiger partial charge is 0.508 e. The third kappa shape index (κ3) is 6.68. The van der Waals surface area contributed by atoms with Gasteiger partial charge in [-0.05, 0) is 36.5 Å². The van der Waals surface area contributed by atoms with E-state index in [0.717, 1.165) is 0 Å². The Hall–Kier alpha value is -3.14. The maximum Gasteiger partial charge on any atom is 0.324 e. The lowest BCUT2D eigenvalue weighted by molar-refractivity contribution is -0.151. The molecule has 4 N–H and O–H groups in total. The summed E-state index contributed by atoms with van der Waals surface area (Å²) in [7, 11) is 1.28. The summed E-state index contributed by atoms with van der Waals surface area (Å²) in [5.41, 5.74) is 3.51. The van der Waals surface area contributed by atoms with Crippen molar-refractivity contribution in [2.45, 2.75) is 51.2 Å². The summed E-state index contributed by atoms with van der Waals surface area (Å²) in [5, 5.41) is 16.3. The van der Waals surface area contributed by atoms with Gasteiger partial charge in [0, 0.05) is 13.0 Å². The average molecular weight is 434 g/mol. The zero-order chi connectivity index (χ0) is 23.0. The lowest BCUT2D eigenvalue weighted by atomic mass is 10.0. The van der Waals surface area contributed by atoms with Crippen LogP contribution in [-0.4, -0.2) is 66.1 Å². The Morgan fingerprint density at radius 3 is 2.71 bits per heavy atom. The topological polar surface area (TPSA) is 137 Å². The van der Waals surface area contributed by atoms with Crippen molar-refractivity contribution < 1.29 is 29.0 Å². The molecule has 0 saturated carbocycles. The molecule has 0 aliphatic carbocycles. The summed E-state index contributed by atoms with van der Waals surface area (Å²) >= 11 is 0. The molecule has 0 spiro atoms. The zero-order valence-electron chi connectivity index (χ0n) is 18.0. The lowest BCUT2D eigenvalue weighted by Crippen LogP contribution is -2.61. The van der Waals surface area contributed by atoms with Gasteiger partial charge in [0.15, 0.2) is 0 Å². The molecule has 3 amide bonds. The summed E-state index contributed by atoms with van der Waals surface area (Å²) in [4.78, 5) is 48.9. The highest BCUT2D eigenvalue weighted by Gasteiger charge is 2.34. The molecule has 3 unspecified atom stereocenters. The van der Waals surface area contributed by atoms with E-state index in [1.165, 1.54) is 24.3 Å². The second kappa shape index (κ2) is 11.3. The number of rotatable bonds is 9. The van der Waals surface area contributed by atoms with Crippen molar-refractivity contribution in [1.29, 1.82) is 0 Å². The van der Waals surface area contributed by atoms with Gasteiger partial charge in [-0.15, -0.1) is 0 Å². The number of phenols is 1. The number of benzene rings is 1. The summed E-state index contributed by atoms with van der Waals surface area (Å²) < 4.78 is 4.76. The van der Waals surface area contributed by atoms with Crippen molar-refractivity contribution in [3.8, 4) is 5.75 Å². The first kappa shape index (κ1) is 24.1. The van der Waals surface area contributed by atoms with E-state index in [9.17, 15) is 24.3 Å². The first-order chi connectivity index (χ1) is 14.8. The van der Waals surface area contributed by atoms with E-state index in [4.69, 9.17) is 4.74 Å². The lowest BCUT2D eigenvalue weighted by Gasteiger charge is -2.35. The number of ether oxygens (including phenoxy) is 1. The predicted octanol–water partition coefficient (Wildman–Crippen LogP) is -0.141. The number of hydrazine groups is 1. The Kier molecular flexibility index (Phi) is 8.80. The Morgan fingerprint density at radius 2 is 2.10 bits per heavy atom. The molecular weight excluding hydrogens is 404 g/mol. The smallest absolute Gasteiger partial charge is 0.324 e. The van der Waals surface area contributed by atoms with Crippen molar-refractivity contribution in [3.63, 3.8) is 0 Å². The SMILES string of the molecule is COC(=O)C1CCCN(C(=O)C(Cc2cccc(O)c2)NC(=O)C(NC=O)C(C)C)N1. The van der Waals surface area contributed by atoms with Crippen LogP contribution in [0.25, 0.3) is 0 Å². The van der Waals surface area contributed by atoms with Gasteiger partial charge in [0.05, 0.1) is 7.11 Å². The standard InChI is InChI=1S/C21H30N4O6/c1-13(2)18(22-12-26)19(28)23-17(11-14-6-4-7-15(27)10-14)20(29)25-9-5-8-16(24-25)21(30)31-3/h4,6-7,10,12-13,16-18,24,27H,5,8-9,11H2,1-3H3,(H,22,26)(H,23,28). The van der Waals surface area contributed by atoms with Crippen LogP contribution in [0.1, 0.15) is 32.3 Å². The van der Waals surface area contributed by atoms with E-state index in [2.05, 4.69) is 16.1 Å². The molecule has 0 aromatic heterocycles. The quantitative estimate of drug-likeness (QED) is 0.314. The molecule has 1 aromatic rings. The molecule has 3 atom stereocenters. The number of aromatic hydroxyl groups is 1. The van der Waals surface area contributed by atoms with Crippen LogP contribution in [0, 0.1) is 5.92 Å². The molecule has 1 fully saturated rings. The minimum Gasteiger partial charge on any atom is -0.508 e. The van der Waals surface area contributed by atoms with Crippen molar-refractivity contribution in [3.05, 3.63) is 29.8 Å². The fourth-order valence-electron chi connectivity index (χ4n) is 3.47. The molecule has 1 saturated heterocycles. The molecular formula is C21H30N4O6. The van der Waals surface area contributed by atoms with Crippen LogP contribution in [0.4, 0.5) is 0 Å². The fraction of sp³-hybridized carbons (Fsp3) is 0.524. The molecule has 1 aromatic carbocycles. The van der Waals surface area contributed by atoms with Crippen molar-refractivity contribution >= 4 is 24.2 Å². The van der Waals surface area contributed by atoms with Crippen molar-refractivity contribution in [2.75, 3.05) is 13.7 Å². The zero-order valence-corrected chi connectivity index (χ0v) is 18.0. The number of nitrogens with one attached hydrogen (secondary N) is 3. The summed E-state index contributed by atoms with van der Waals surface area (Å²) in [5.74, 6) is -1.56. The highest BCUT2D eigenvalue weighted by Crippen LogP contribution is 2.16. The van der Waals surface area contributed by atoms with E-state index in [-0.39, 0.29) is 18.1 Å². The van der Waals surface area contributed by atoms with Crippen LogP contribution in [0.5, 0.6) is 5.75 Å². The molecule has 31 heavy (non-hydrogen) atoms. The molecule has 0 bridgehead atoms. The Balaban J connectivity index is 2.23. The number of hydrogen-bond donors (Lipinski definition) is 4. The minimum absolute atomic E-state index is 0.0413. The van der Waals surface area contributed by atoms with E-state index >= 15 is 0 Å². The average Bonchev–Trinajstić information content (AvgIpc) is 2.75. The molecule has 1 aliphatic heterocycles. The van der Waals surface area contributed by atoms with E-state index in [0.29, 0.717) is 31.4 Å². The molecule has 1 aliphatic rings. The number of nitrogens with zero attached hydrogens (tertiary/aromatic N) is 1. The Morgan fingerprint density at radius 1 is 1.35 bits per heavy atom. The van der Waals surface area contributed by atoms with Gasteiger partial charge in [0.1, 0.15) is 23.9 Å². The van der Waals surface area contributed by atoms with Gasteiger partial charge in [-0.1, -0.05) is 26.0 Å². The van der Waals surface area contributed by atoms with Gasteiger partial charge >= 0.3 is 5.97 Å². The monoisotopic (exact) mass is 434 g/mol. The second-order valence-corrected chi connectivity index (χ2v) is 7.78. The summed E-state index contributed by atoms with van der Waals surface area (Å²) in [6.07, 6.45) is 1.68. The third-order valence-corrected chi connectivity index (χ3v) is 5.10. The van der Waals surface area contributed by atoms with Crippen LogP contribution >= 0.6 is 0 Å². The second-order valence-electron chi connectivity index (χ2n) is 7.78. The highest BCUT2D eigenvalue weighted by atomic mass is 16.5. The number of hydrogen-bond acceptors (Lipinski definition) is 7. The van der Waals surface area contributed by atoms with Gasteiger partial charge in [0.2, 0.25) is 12.3 Å². The molecule has 1 heterocycles. The van der Waals surface area contributed by atoms with Crippen molar-refractivity contribution in [1.82, 2.24) is 21.1 Å². The maximum absolute atomic E-state index is 13.3. The number of amides is 3. The highest BCUT2D eigenvalue weighted by molar-refractivity contribution is 5.91. The number of carbonyl (C=O) groups is 4. The van der Waals surface area contributed by atoms with Crippen LogP contribution in [-0.2, 0) is 30.3 Å². The first-order valence-electron chi connectivity index (χ1n) is 10.2. The summed E-state index contributed by atoms with van der Waals surface area (Å²) in [6.45, 7) is 3.92. The molecule has 170 valence electrons. The van der Waals surface area contributed by atoms with E-state index in [1.54, 1.807) is 26.0 Å². The minimum atomic E-state index is -0.979. The summed E-state index contributed by atoms with van der Waals surface area (Å²) in [6, 6.07) is 3.95. The Labute approximate surface area is 181 Å². The normalized spacial score (nSPS) is 18.1. The van der Waals surface area contributed by atoms with Crippen LogP contribution in [0.2, 0.25) is 0 Å². The fourth-order valence-corrected chi connectivity index (χ4v) is 3.47. The van der Waals surface area contributed by atoms with Gasteiger partial charge in [-0.3, -0.25) is 24.2 Å². The third-order valence-electron chi connectivity index (χ3n) is 5.10. The van der Waals surface area contributed by atoms with Crippen LogP contribution < -0.4 is 16.1 Å². The number of carbonyl (C=O) groups excluding carboxylic acids is 4. The van der Waals surface area contributed by atoms with Crippen LogP contribution in [0.15, 0.2) is 24.3 Å². The maximum atomic E-state index is 13.3. The number of phenolic OH excluding ortho intramolecular Hbond substituents is 1. The molecule has 2 rings (SSSR count). The van der Waals surface area contributed by atoms with E-state index in [1.807, 2.05) is 0 Å². The molecule has 0 radical (unpaired) electrons. The number of methoxy groups -OCH3 is 1. The molecule has 10 nitrogen and oxygen atoms in total. The molecule has 10 heteroatoms. The number of esters is 1. The predicted molar refractivity (Wildman–Crippen MR) is 111 cm³/mol. The first-order valence-corrected chi connectivity index (χ1v) is 10.2. The van der Waals surface area contributed by atoms with Gasteiger partial charge < -0.3 is 20.5 Å². The van der Waals surface area contributed by atoms with Gasteiger partial charge in [-0.25, -0.2) is 5.43 Å². The van der Waals surface area contributed by atoms with E-state index < -0.39 is 35.9 Å². The van der Waals surface area contributed by atoms with Crippen molar-refractivity contribution in [2.24, 2.45) is 5.92 Å².